The van der Waals surface area contributed by atoms with E-state index in [1.807, 2.05) is 23.7 Å². The Morgan fingerprint density at radius 3 is 2.83 bits per heavy atom. The van der Waals surface area contributed by atoms with Crippen LogP contribution >= 0.6 is 11.3 Å². The van der Waals surface area contributed by atoms with E-state index in [9.17, 15) is 10.2 Å². The molecule has 1 aliphatic rings. The summed E-state index contributed by atoms with van der Waals surface area (Å²) in [6.07, 6.45) is 7.70. The first kappa shape index (κ1) is 19.0. The van der Waals surface area contributed by atoms with Crippen molar-refractivity contribution in [1.29, 1.82) is 0 Å². The lowest BCUT2D eigenvalue weighted by Gasteiger charge is -2.26. The van der Waals surface area contributed by atoms with Crippen LogP contribution in [0.15, 0.2) is 48.1 Å². The van der Waals surface area contributed by atoms with Crippen molar-refractivity contribution in [3.05, 3.63) is 59.5 Å². The highest BCUT2D eigenvalue weighted by atomic mass is 32.1. The lowest BCUT2D eigenvalue weighted by molar-refractivity contribution is 0.126. The Morgan fingerprint density at radius 2 is 2.00 bits per heavy atom. The van der Waals surface area contributed by atoms with Gasteiger partial charge >= 0.3 is 0 Å². The smallest absolute Gasteiger partial charge is 0.148 e. The molecule has 3 aromatic heterocycles. The maximum atomic E-state index is 9.77. The number of thiophene rings is 1. The van der Waals surface area contributed by atoms with Gasteiger partial charge in [0.2, 0.25) is 0 Å². The molecule has 0 saturated heterocycles. The van der Waals surface area contributed by atoms with Gasteiger partial charge in [-0.1, -0.05) is 6.07 Å². The summed E-state index contributed by atoms with van der Waals surface area (Å²) in [6.45, 7) is 0. The summed E-state index contributed by atoms with van der Waals surface area (Å²) in [5.41, 5.74) is 2.75. The third kappa shape index (κ3) is 4.01. The Kier molecular flexibility index (Phi) is 5.10. The van der Waals surface area contributed by atoms with Crippen LogP contribution in [0.2, 0.25) is 0 Å². The monoisotopic (exact) mass is 421 g/mol. The van der Waals surface area contributed by atoms with Gasteiger partial charge < -0.3 is 15.5 Å². The van der Waals surface area contributed by atoms with E-state index in [4.69, 9.17) is 9.97 Å². The minimum atomic E-state index is -0.172. The number of phenols is 1. The Bertz CT molecular complexity index is 1160. The number of nitrogens with zero attached hydrogens (tertiary/aromatic N) is 4. The highest BCUT2D eigenvalue weighted by molar-refractivity contribution is 7.17. The number of benzene rings is 1. The standard InChI is InChI=1S/C22H23N5O2S/c28-17-6-4-15(5-7-17)24-22-21-19(8-9-30-21)25-20(26-22)10-14-12-23-27(13-14)16-2-1-3-18(29)11-16/h1-3,8-9,11-13,15,17,28-29H,4-7,10H2,(H,24,25,26). The van der Waals surface area contributed by atoms with Gasteiger partial charge in [0.1, 0.15) is 17.4 Å². The zero-order valence-corrected chi connectivity index (χ0v) is 17.2. The zero-order chi connectivity index (χ0) is 20.5. The summed E-state index contributed by atoms with van der Waals surface area (Å²) in [4.78, 5) is 9.56. The molecule has 1 saturated carbocycles. The number of aromatic hydroxyl groups is 1. The molecule has 8 heteroatoms. The van der Waals surface area contributed by atoms with E-state index in [0.29, 0.717) is 12.5 Å². The topological polar surface area (TPSA) is 96.1 Å². The molecule has 0 bridgehead atoms. The summed E-state index contributed by atoms with van der Waals surface area (Å²) in [7, 11) is 0. The molecule has 0 atom stereocenters. The molecular weight excluding hydrogens is 398 g/mol. The van der Waals surface area contributed by atoms with Gasteiger partial charge in [-0.15, -0.1) is 11.3 Å². The zero-order valence-electron chi connectivity index (χ0n) is 16.4. The molecule has 0 aliphatic heterocycles. The molecule has 1 aliphatic carbocycles. The van der Waals surface area contributed by atoms with E-state index < -0.39 is 0 Å². The predicted molar refractivity (Wildman–Crippen MR) is 117 cm³/mol. The second-order valence-corrected chi connectivity index (χ2v) is 8.68. The van der Waals surface area contributed by atoms with E-state index >= 15 is 0 Å². The Labute approximate surface area is 178 Å². The molecule has 1 aromatic carbocycles. The van der Waals surface area contributed by atoms with Crippen molar-refractivity contribution in [1.82, 2.24) is 19.7 Å². The van der Waals surface area contributed by atoms with E-state index in [0.717, 1.165) is 58.8 Å². The fraction of sp³-hybridized carbons (Fsp3) is 0.318. The summed E-state index contributed by atoms with van der Waals surface area (Å²) < 4.78 is 2.81. The molecule has 0 radical (unpaired) electrons. The molecule has 0 spiro atoms. The molecule has 3 heterocycles. The third-order valence-electron chi connectivity index (χ3n) is 5.48. The van der Waals surface area contributed by atoms with Crippen LogP contribution in [-0.4, -0.2) is 42.1 Å². The second kappa shape index (κ2) is 8.04. The predicted octanol–water partition coefficient (Wildman–Crippen LogP) is 3.89. The summed E-state index contributed by atoms with van der Waals surface area (Å²) in [6, 6.07) is 9.36. The lowest BCUT2D eigenvalue weighted by Crippen LogP contribution is -2.28. The summed E-state index contributed by atoms with van der Waals surface area (Å²) in [5.74, 6) is 1.84. The maximum Gasteiger partial charge on any atom is 0.148 e. The van der Waals surface area contributed by atoms with Crippen molar-refractivity contribution >= 4 is 27.4 Å². The largest absolute Gasteiger partial charge is 0.508 e. The third-order valence-corrected chi connectivity index (χ3v) is 6.39. The Hall–Kier alpha value is -2.97. The number of rotatable bonds is 5. The van der Waals surface area contributed by atoms with E-state index in [1.54, 1.807) is 40.4 Å². The highest BCUT2D eigenvalue weighted by Crippen LogP contribution is 2.29. The van der Waals surface area contributed by atoms with Gasteiger partial charge in [-0.3, -0.25) is 0 Å². The van der Waals surface area contributed by atoms with Gasteiger partial charge in [0, 0.05) is 24.7 Å². The first-order chi connectivity index (χ1) is 14.6. The molecule has 30 heavy (non-hydrogen) atoms. The van der Waals surface area contributed by atoms with Crippen molar-refractivity contribution in [2.75, 3.05) is 5.32 Å². The van der Waals surface area contributed by atoms with Crippen molar-refractivity contribution in [2.24, 2.45) is 0 Å². The van der Waals surface area contributed by atoms with E-state index in [1.165, 1.54) is 0 Å². The number of aromatic nitrogens is 4. The van der Waals surface area contributed by atoms with Gasteiger partial charge in [-0.2, -0.15) is 5.10 Å². The quantitative estimate of drug-likeness (QED) is 0.452. The number of anilines is 1. The van der Waals surface area contributed by atoms with Crippen LogP contribution in [0.3, 0.4) is 0 Å². The number of hydrogen-bond acceptors (Lipinski definition) is 7. The first-order valence-corrected chi connectivity index (χ1v) is 11.0. The fourth-order valence-electron chi connectivity index (χ4n) is 3.91. The molecule has 154 valence electrons. The van der Waals surface area contributed by atoms with Crippen LogP contribution in [0.5, 0.6) is 5.75 Å². The highest BCUT2D eigenvalue weighted by Gasteiger charge is 2.21. The van der Waals surface area contributed by atoms with Gasteiger partial charge in [-0.05, 0) is 54.8 Å². The average Bonchev–Trinajstić information content (AvgIpc) is 3.39. The Balaban J connectivity index is 1.38. The number of aliphatic hydroxyl groups excluding tert-OH is 1. The van der Waals surface area contributed by atoms with Crippen LogP contribution in [0.25, 0.3) is 15.9 Å². The van der Waals surface area contributed by atoms with Gasteiger partial charge in [0.25, 0.3) is 0 Å². The number of phenolic OH excluding ortho intramolecular Hbond substituents is 1. The van der Waals surface area contributed by atoms with E-state index in [-0.39, 0.29) is 11.9 Å². The van der Waals surface area contributed by atoms with Crippen LogP contribution in [0, 0.1) is 0 Å². The number of nitrogens with one attached hydrogen (secondary N) is 1. The van der Waals surface area contributed by atoms with Crippen molar-refractivity contribution in [2.45, 2.75) is 44.2 Å². The van der Waals surface area contributed by atoms with Crippen molar-refractivity contribution < 1.29 is 10.2 Å². The fourth-order valence-corrected chi connectivity index (χ4v) is 4.70. The number of fused-ring (bicyclic) bond motifs is 1. The first-order valence-electron chi connectivity index (χ1n) is 10.2. The van der Waals surface area contributed by atoms with Crippen molar-refractivity contribution in [3.8, 4) is 11.4 Å². The van der Waals surface area contributed by atoms with Crippen molar-refractivity contribution in [3.63, 3.8) is 0 Å². The summed E-state index contributed by atoms with van der Waals surface area (Å²) in [5, 5.41) is 29.5. The minimum absolute atomic E-state index is 0.172. The maximum absolute atomic E-state index is 9.77. The molecule has 7 nitrogen and oxygen atoms in total. The normalized spacial score (nSPS) is 19.2. The Morgan fingerprint density at radius 1 is 1.13 bits per heavy atom. The van der Waals surface area contributed by atoms with Gasteiger partial charge in [0.05, 0.1) is 28.2 Å². The van der Waals surface area contributed by atoms with E-state index in [2.05, 4.69) is 10.4 Å². The summed E-state index contributed by atoms with van der Waals surface area (Å²) >= 11 is 1.64. The average molecular weight is 422 g/mol. The van der Waals surface area contributed by atoms with Crippen LogP contribution < -0.4 is 5.32 Å². The number of hydrogen-bond donors (Lipinski definition) is 3. The minimum Gasteiger partial charge on any atom is -0.508 e. The number of aliphatic hydroxyl groups is 1. The molecular formula is C22H23N5O2S. The molecule has 0 unspecified atom stereocenters. The van der Waals surface area contributed by atoms with Crippen LogP contribution in [-0.2, 0) is 6.42 Å². The molecule has 0 amide bonds. The molecule has 3 N–H and O–H groups in total. The lowest BCUT2D eigenvalue weighted by atomic mass is 9.93. The van der Waals surface area contributed by atoms with Crippen LogP contribution in [0.4, 0.5) is 5.82 Å². The van der Waals surface area contributed by atoms with Crippen LogP contribution in [0.1, 0.15) is 37.1 Å². The molecule has 1 fully saturated rings. The van der Waals surface area contributed by atoms with Gasteiger partial charge in [-0.25, -0.2) is 14.6 Å². The SMILES string of the molecule is Oc1cccc(-n2cc(Cc3nc(NC4CCC(O)CC4)c4sccc4n3)cn2)c1. The molecule has 5 rings (SSSR count). The van der Waals surface area contributed by atoms with Gasteiger partial charge in [0.15, 0.2) is 0 Å². The second-order valence-electron chi connectivity index (χ2n) is 7.76. The molecule has 4 aromatic rings.